The Morgan fingerprint density at radius 3 is 2.44 bits per heavy atom. The summed E-state index contributed by atoms with van der Waals surface area (Å²) in [5.74, 6) is 0.248. The maximum absolute atomic E-state index is 12.9. The van der Waals surface area contributed by atoms with Crippen LogP contribution in [-0.2, 0) is 17.9 Å². The number of urea groups is 1. The first kappa shape index (κ1) is 22.3. The van der Waals surface area contributed by atoms with Gasteiger partial charge in [0.15, 0.2) is 0 Å². The number of imide groups is 1. The molecular weight excluding hydrogens is 536 g/mol. The molecule has 1 fully saturated rings. The van der Waals surface area contributed by atoms with Crippen LogP contribution in [0.5, 0.6) is 5.75 Å². The molecule has 5 nitrogen and oxygen atoms in total. The lowest BCUT2D eigenvalue weighted by atomic mass is 10.1. The third-order valence-corrected chi connectivity index (χ3v) is 5.99. The molecule has 162 valence electrons. The molecule has 0 atom stereocenters. The summed E-state index contributed by atoms with van der Waals surface area (Å²) in [6, 6.07) is 20.7. The van der Waals surface area contributed by atoms with Gasteiger partial charge in [-0.2, -0.15) is 0 Å². The third-order valence-electron chi connectivity index (χ3n) is 4.96. The van der Waals surface area contributed by atoms with Gasteiger partial charge in [-0.15, -0.1) is 0 Å². The van der Waals surface area contributed by atoms with E-state index in [-0.39, 0.29) is 18.1 Å². The van der Waals surface area contributed by atoms with Gasteiger partial charge in [0.25, 0.3) is 5.91 Å². The highest BCUT2D eigenvalue weighted by Gasteiger charge is 2.33. The second kappa shape index (κ2) is 9.71. The lowest BCUT2D eigenvalue weighted by molar-refractivity contribution is -0.123. The predicted molar refractivity (Wildman–Crippen MR) is 131 cm³/mol. The summed E-state index contributed by atoms with van der Waals surface area (Å²) in [6.45, 7) is 2.63. The fourth-order valence-corrected chi connectivity index (χ4v) is 4.01. The quantitative estimate of drug-likeness (QED) is 0.291. The highest BCUT2D eigenvalue weighted by molar-refractivity contribution is 9.10. The normalized spacial score (nSPS) is 14.7. The summed E-state index contributed by atoms with van der Waals surface area (Å²) in [4.78, 5) is 26.6. The van der Waals surface area contributed by atoms with Crippen molar-refractivity contribution in [2.24, 2.45) is 0 Å². The summed E-state index contributed by atoms with van der Waals surface area (Å²) < 4.78 is 7.81. The van der Waals surface area contributed by atoms with Gasteiger partial charge in [0.2, 0.25) is 0 Å². The highest BCUT2D eigenvalue weighted by atomic mass is 79.9. The van der Waals surface area contributed by atoms with Gasteiger partial charge in [-0.25, -0.2) is 4.79 Å². The van der Waals surface area contributed by atoms with Crippen LogP contribution in [0.2, 0.25) is 0 Å². The molecular formula is C25H20Br2N2O3. The smallest absolute Gasteiger partial charge is 0.329 e. The Morgan fingerprint density at radius 2 is 1.69 bits per heavy atom. The molecule has 1 N–H and O–H groups in total. The largest absolute Gasteiger partial charge is 0.488 e. The van der Waals surface area contributed by atoms with E-state index in [4.69, 9.17) is 4.74 Å². The Bertz CT molecular complexity index is 1210. The molecule has 0 saturated carbocycles. The number of hydrogen-bond donors (Lipinski definition) is 1. The Balaban J connectivity index is 1.55. The van der Waals surface area contributed by atoms with Gasteiger partial charge in [-0.1, -0.05) is 73.8 Å². The number of nitrogens with zero attached hydrogens (tertiary/aromatic N) is 1. The molecule has 3 aromatic carbocycles. The van der Waals surface area contributed by atoms with Gasteiger partial charge in [0, 0.05) is 14.5 Å². The van der Waals surface area contributed by atoms with Gasteiger partial charge in [0.1, 0.15) is 18.1 Å². The van der Waals surface area contributed by atoms with Crippen LogP contribution in [0.25, 0.3) is 6.08 Å². The van der Waals surface area contributed by atoms with E-state index in [0.29, 0.717) is 17.9 Å². The van der Waals surface area contributed by atoms with Crippen LogP contribution in [0, 0.1) is 6.92 Å². The Labute approximate surface area is 203 Å². The standard InChI is InChI=1S/C25H20Br2N2O3/c1-16-3-2-4-18(11-16)15-32-23-10-9-21(27)12-19(23)13-22-24(30)29(25(31)28-22)14-17-5-7-20(26)8-6-17/h2-13H,14-15H2,1H3,(H,28,31)/b22-13+. The lowest BCUT2D eigenvalue weighted by Gasteiger charge is -2.12. The molecule has 1 aliphatic heterocycles. The minimum absolute atomic E-state index is 0.199. The molecule has 0 radical (unpaired) electrons. The fraction of sp³-hybridized carbons (Fsp3) is 0.120. The Kier molecular flexibility index (Phi) is 6.77. The number of carbonyl (C=O) groups excluding carboxylic acids is 2. The first-order valence-electron chi connectivity index (χ1n) is 9.96. The lowest BCUT2D eigenvalue weighted by Crippen LogP contribution is -2.30. The van der Waals surface area contributed by atoms with Crippen molar-refractivity contribution in [3.63, 3.8) is 0 Å². The van der Waals surface area contributed by atoms with Crippen LogP contribution in [0.4, 0.5) is 4.79 Å². The Morgan fingerprint density at radius 1 is 0.938 bits per heavy atom. The summed E-state index contributed by atoms with van der Waals surface area (Å²) >= 11 is 6.86. The van der Waals surface area contributed by atoms with Crippen LogP contribution in [-0.4, -0.2) is 16.8 Å². The van der Waals surface area contributed by atoms with Crippen molar-refractivity contribution < 1.29 is 14.3 Å². The molecule has 0 aliphatic carbocycles. The van der Waals surface area contributed by atoms with Crippen LogP contribution in [0.15, 0.2) is 81.4 Å². The summed E-state index contributed by atoms with van der Waals surface area (Å²) in [5.41, 5.74) is 3.99. The second-order valence-corrected chi connectivity index (χ2v) is 9.30. The topological polar surface area (TPSA) is 58.6 Å². The highest BCUT2D eigenvalue weighted by Crippen LogP contribution is 2.28. The van der Waals surface area contributed by atoms with E-state index in [9.17, 15) is 9.59 Å². The molecule has 0 unspecified atom stereocenters. The summed E-state index contributed by atoms with van der Waals surface area (Å²) in [6.07, 6.45) is 1.65. The number of benzene rings is 3. The molecule has 1 saturated heterocycles. The van der Waals surface area contributed by atoms with Gasteiger partial charge >= 0.3 is 6.03 Å². The Hall–Kier alpha value is -2.90. The molecule has 0 spiro atoms. The van der Waals surface area contributed by atoms with Crippen molar-refractivity contribution in [2.45, 2.75) is 20.1 Å². The van der Waals surface area contributed by atoms with E-state index in [1.807, 2.05) is 67.6 Å². The minimum Gasteiger partial charge on any atom is -0.488 e. The van der Waals surface area contributed by atoms with E-state index in [1.54, 1.807) is 6.08 Å². The van der Waals surface area contributed by atoms with Crippen molar-refractivity contribution >= 4 is 49.9 Å². The molecule has 4 rings (SSSR count). The number of aryl methyl sites for hydroxylation is 1. The van der Waals surface area contributed by atoms with Gasteiger partial charge in [0.05, 0.1) is 6.54 Å². The van der Waals surface area contributed by atoms with Crippen molar-refractivity contribution in [1.29, 1.82) is 0 Å². The average Bonchev–Trinajstić information content (AvgIpc) is 3.02. The average molecular weight is 556 g/mol. The number of hydrogen-bond acceptors (Lipinski definition) is 3. The molecule has 32 heavy (non-hydrogen) atoms. The van der Waals surface area contributed by atoms with Crippen molar-refractivity contribution in [2.75, 3.05) is 0 Å². The maximum Gasteiger partial charge on any atom is 0.329 e. The molecule has 0 bridgehead atoms. The molecule has 7 heteroatoms. The maximum atomic E-state index is 12.9. The van der Waals surface area contributed by atoms with Crippen molar-refractivity contribution in [3.05, 3.63) is 104 Å². The van der Waals surface area contributed by atoms with Gasteiger partial charge in [-0.05, 0) is 54.5 Å². The number of halogens is 2. The zero-order valence-electron chi connectivity index (χ0n) is 17.3. The van der Waals surface area contributed by atoms with Crippen LogP contribution in [0.3, 0.4) is 0 Å². The number of ether oxygens (including phenoxy) is 1. The summed E-state index contributed by atoms with van der Waals surface area (Å²) in [5, 5.41) is 2.68. The van der Waals surface area contributed by atoms with Crippen LogP contribution < -0.4 is 10.1 Å². The monoisotopic (exact) mass is 554 g/mol. The zero-order valence-corrected chi connectivity index (χ0v) is 20.4. The molecule has 1 aliphatic rings. The third kappa shape index (κ3) is 5.29. The van der Waals surface area contributed by atoms with Gasteiger partial charge < -0.3 is 10.1 Å². The number of nitrogens with one attached hydrogen (secondary N) is 1. The van der Waals surface area contributed by atoms with Crippen LogP contribution >= 0.6 is 31.9 Å². The number of carbonyl (C=O) groups is 2. The molecule has 0 aromatic heterocycles. The van der Waals surface area contributed by atoms with E-state index in [2.05, 4.69) is 43.2 Å². The predicted octanol–water partition coefficient (Wildman–Crippen LogP) is 6.19. The first-order valence-corrected chi connectivity index (χ1v) is 11.5. The SMILES string of the molecule is Cc1cccc(COc2ccc(Br)cc2/C=C2/NC(=O)N(Cc3ccc(Br)cc3)C2=O)c1. The van der Waals surface area contributed by atoms with E-state index < -0.39 is 6.03 Å². The number of rotatable bonds is 6. The van der Waals surface area contributed by atoms with E-state index >= 15 is 0 Å². The van der Waals surface area contributed by atoms with E-state index in [1.165, 1.54) is 4.90 Å². The molecule has 3 aromatic rings. The first-order chi connectivity index (χ1) is 15.4. The fourth-order valence-electron chi connectivity index (χ4n) is 3.37. The van der Waals surface area contributed by atoms with Crippen molar-refractivity contribution in [1.82, 2.24) is 10.2 Å². The van der Waals surface area contributed by atoms with E-state index in [0.717, 1.165) is 25.6 Å². The summed E-state index contributed by atoms with van der Waals surface area (Å²) in [7, 11) is 0. The van der Waals surface area contributed by atoms with Crippen LogP contribution in [0.1, 0.15) is 22.3 Å². The minimum atomic E-state index is -0.443. The molecule has 1 heterocycles. The van der Waals surface area contributed by atoms with Gasteiger partial charge in [-0.3, -0.25) is 9.69 Å². The second-order valence-electron chi connectivity index (χ2n) is 7.47. The molecule has 3 amide bonds. The zero-order chi connectivity index (χ0) is 22.7. The van der Waals surface area contributed by atoms with Crippen molar-refractivity contribution in [3.8, 4) is 5.75 Å². The number of amides is 3.